The molecule has 1 nitrogen and oxygen atoms in total. The van der Waals surface area contributed by atoms with Crippen LogP contribution in [0.15, 0.2) is 18.2 Å². The third-order valence-corrected chi connectivity index (χ3v) is 3.31. The lowest BCUT2D eigenvalue weighted by Crippen LogP contribution is -2.25. The molecule has 0 saturated heterocycles. The Labute approximate surface area is 109 Å². The van der Waals surface area contributed by atoms with Crippen molar-refractivity contribution in [2.75, 3.05) is 6.54 Å². The summed E-state index contributed by atoms with van der Waals surface area (Å²) < 4.78 is 27.0. The predicted molar refractivity (Wildman–Crippen MR) is 71.5 cm³/mol. The molecule has 2 unspecified atom stereocenters. The number of hydrogen-bond acceptors (Lipinski definition) is 1. The highest BCUT2D eigenvalue weighted by Crippen LogP contribution is 2.25. The van der Waals surface area contributed by atoms with Crippen molar-refractivity contribution < 1.29 is 8.78 Å². The zero-order valence-electron chi connectivity index (χ0n) is 11.5. The minimum Gasteiger partial charge on any atom is -0.310 e. The molecule has 1 aromatic rings. The summed E-state index contributed by atoms with van der Waals surface area (Å²) >= 11 is 0. The van der Waals surface area contributed by atoms with Gasteiger partial charge in [-0.15, -0.1) is 0 Å². The quantitative estimate of drug-likeness (QED) is 0.759. The van der Waals surface area contributed by atoms with E-state index < -0.39 is 0 Å². The second-order valence-electron chi connectivity index (χ2n) is 4.92. The van der Waals surface area contributed by atoms with Crippen LogP contribution in [0.1, 0.15) is 51.6 Å². The second-order valence-corrected chi connectivity index (χ2v) is 4.92. The minimum atomic E-state index is -0.376. The maximum atomic E-state index is 13.8. The van der Waals surface area contributed by atoms with Gasteiger partial charge in [0.2, 0.25) is 0 Å². The molecule has 3 heteroatoms. The summed E-state index contributed by atoms with van der Waals surface area (Å²) in [7, 11) is 0. The summed E-state index contributed by atoms with van der Waals surface area (Å²) in [4.78, 5) is 0. The van der Waals surface area contributed by atoms with Crippen molar-refractivity contribution in [1.82, 2.24) is 5.32 Å². The summed E-state index contributed by atoms with van der Waals surface area (Å²) in [5.41, 5.74) is 0.448. The summed E-state index contributed by atoms with van der Waals surface area (Å²) in [5.74, 6) is -0.214. The average molecular weight is 255 g/mol. The Morgan fingerprint density at radius 3 is 2.56 bits per heavy atom. The van der Waals surface area contributed by atoms with Crippen molar-refractivity contribution >= 4 is 0 Å². The molecular formula is C15H23F2N. The molecule has 0 aliphatic carbocycles. The van der Waals surface area contributed by atoms with Crippen LogP contribution in [-0.4, -0.2) is 6.54 Å². The average Bonchev–Trinajstić information content (AvgIpc) is 2.37. The lowest BCUT2D eigenvalue weighted by atomic mass is 9.93. The molecule has 0 heterocycles. The van der Waals surface area contributed by atoms with Gasteiger partial charge >= 0.3 is 0 Å². The highest BCUT2D eigenvalue weighted by molar-refractivity contribution is 5.22. The molecule has 0 aliphatic heterocycles. The van der Waals surface area contributed by atoms with E-state index in [2.05, 4.69) is 26.1 Å². The molecule has 0 aliphatic rings. The van der Waals surface area contributed by atoms with E-state index in [9.17, 15) is 8.78 Å². The molecule has 0 saturated carbocycles. The first kappa shape index (κ1) is 15.1. The maximum Gasteiger partial charge on any atom is 0.128 e. The molecule has 18 heavy (non-hydrogen) atoms. The summed E-state index contributed by atoms with van der Waals surface area (Å²) in [6.45, 7) is 7.13. The van der Waals surface area contributed by atoms with Crippen molar-refractivity contribution in [2.45, 2.75) is 46.1 Å². The smallest absolute Gasteiger partial charge is 0.128 e. The summed E-state index contributed by atoms with van der Waals surface area (Å²) in [6, 6.07) is 3.59. The van der Waals surface area contributed by atoms with Gasteiger partial charge in [-0.1, -0.05) is 27.2 Å². The Morgan fingerprint density at radius 1 is 1.22 bits per heavy atom. The number of rotatable bonds is 7. The predicted octanol–water partition coefficient (Wildman–Crippen LogP) is 4.44. The number of hydrogen-bond donors (Lipinski definition) is 1. The van der Waals surface area contributed by atoms with E-state index in [1.165, 1.54) is 18.2 Å². The normalized spacial score (nSPS) is 14.5. The molecule has 0 amide bonds. The van der Waals surface area contributed by atoms with Crippen LogP contribution in [0.3, 0.4) is 0 Å². The number of nitrogens with one attached hydrogen (secondary N) is 1. The van der Waals surface area contributed by atoms with Gasteiger partial charge in [-0.25, -0.2) is 8.78 Å². The van der Waals surface area contributed by atoms with Crippen LogP contribution in [0, 0.1) is 17.6 Å². The molecule has 1 aromatic carbocycles. The fourth-order valence-corrected chi connectivity index (χ4v) is 1.99. The first-order chi connectivity index (χ1) is 8.58. The van der Waals surface area contributed by atoms with Gasteiger partial charge < -0.3 is 5.32 Å². The van der Waals surface area contributed by atoms with Crippen molar-refractivity contribution in [3.8, 4) is 0 Å². The molecule has 2 atom stereocenters. The van der Waals surface area contributed by atoms with E-state index in [1.807, 2.05) is 0 Å². The van der Waals surface area contributed by atoms with Gasteiger partial charge in [0.05, 0.1) is 0 Å². The van der Waals surface area contributed by atoms with Gasteiger partial charge in [-0.2, -0.15) is 0 Å². The fraction of sp³-hybridized carbons (Fsp3) is 0.600. The zero-order valence-corrected chi connectivity index (χ0v) is 11.5. The van der Waals surface area contributed by atoms with E-state index in [0.717, 1.165) is 25.8 Å². The van der Waals surface area contributed by atoms with Crippen LogP contribution in [0.4, 0.5) is 8.78 Å². The van der Waals surface area contributed by atoms with Crippen molar-refractivity contribution in [3.05, 3.63) is 35.4 Å². The first-order valence-corrected chi connectivity index (χ1v) is 6.76. The lowest BCUT2D eigenvalue weighted by Gasteiger charge is -2.22. The molecule has 0 radical (unpaired) electrons. The molecular weight excluding hydrogens is 232 g/mol. The number of benzene rings is 1. The molecule has 1 N–H and O–H groups in total. The van der Waals surface area contributed by atoms with Gasteiger partial charge in [0.1, 0.15) is 11.6 Å². The van der Waals surface area contributed by atoms with Crippen molar-refractivity contribution in [2.24, 2.45) is 5.92 Å². The Morgan fingerprint density at radius 2 is 1.94 bits per heavy atom. The van der Waals surface area contributed by atoms with Crippen LogP contribution in [0.25, 0.3) is 0 Å². The van der Waals surface area contributed by atoms with Crippen LogP contribution >= 0.6 is 0 Å². The van der Waals surface area contributed by atoms with Crippen molar-refractivity contribution in [3.63, 3.8) is 0 Å². The van der Waals surface area contributed by atoms with Gasteiger partial charge in [-0.05, 0) is 43.5 Å². The summed E-state index contributed by atoms with van der Waals surface area (Å²) in [6.07, 6.45) is 2.85. The molecule has 0 spiro atoms. The first-order valence-electron chi connectivity index (χ1n) is 6.76. The lowest BCUT2D eigenvalue weighted by molar-refractivity contribution is 0.390. The standard InChI is InChI=1S/C15H23F2N/c1-4-8-18-15(9-11(3)5-2)13-10-12(16)6-7-14(13)17/h6-7,10-11,15,18H,4-5,8-9H2,1-3H3. The van der Waals surface area contributed by atoms with Gasteiger partial charge in [-0.3, -0.25) is 0 Å². The summed E-state index contributed by atoms with van der Waals surface area (Å²) in [5, 5.41) is 3.31. The van der Waals surface area contributed by atoms with Crippen molar-refractivity contribution in [1.29, 1.82) is 0 Å². The monoisotopic (exact) mass is 255 g/mol. The fourth-order valence-electron chi connectivity index (χ4n) is 1.99. The zero-order chi connectivity index (χ0) is 13.5. The SMILES string of the molecule is CCCNC(CC(C)CC)c1cc(F)ccc1F. The minimum absolute atomic E-state index is 0.101. The van der Waals surface area contributed by atoms with E-state index in [0.29, 0.717) is 11.5 Å². The largest absolute Gasteiger partial charge is 0.310 e. The number of halogens is 2. The maximum absolute atomic E-state index is 13.8. The highest BCUT2D eigenvalue weighted by Gasteiger charge is 2.18. The van der Waals surface area contributed by atoms with E-state index in [1.54, 1.807) is 0 Å². The topological polar surface area (TPSA) is 12.0 Å². The molecule has 0 aromatic heterocycles. The van der Waals surface area contributed by atoms with Gasteiger partial charge in [0.25, 0.3) is 0 Å². The highest BCUT2D eigenvalue weighted by atomic mass is 19.1. The Hall–Kier alpha value is -0.960. The Balaban J connectivity index is 2.89. The van der Waals surface area contributed by atoms with E-state index in [-0.39, 0.29) is 17.7 Å². The molecule has 1 rings (SSSR count). The van der Waals surface area contributed by atoms with E-state index >= 15 is 0 Å². The third-order valence-electron chi connectivity index (χ3n) is 3.31. The van der Waals surface area contributed by atoms with E-state index in [4.69, 9.17) is 0 Å². The van der Waals surface area contributed by atoms with Crippen LogP contribution in [0.2, 0.25) is 0 Å². The molecule has 0 fully saturated rings. The third kappa shape index (κ3) is 4.37. The Kier molecular flexibility index (Phi) is 6.27. The van der Waals surface area contributed by atoms with Crippen LogP contribution in [-0.2, 0) is 0 Å². The molecule has 102 valence electrons. The second kappa shape index (κ2) is 7.47. The van der Waals surface area contributed by atoms with Crippen LogP contribution < -0.4 is 5.32 Å². The van der Waals surface area contributed by atoms with Gasteiger partial charge in [0.15, 0.2) is 0 Å². The van der Waals surface area contributed by atoms with Gasteiger partial charge in [0, 0.05) is 11.6 Å². The Bertz CT molecular complexity index is 366. The van der Waals surface area contributed by atoms with Crippen LogP contribution in [0.5, 0.6) is 0 Å². The molecule has 0 bridgehead atoms.